The van der Waals surface area contributed by atoms with Gasteiger partial charge in [-0.05, 0) is 54.8 Å². The second kappa shape index (κ2) is 9.55. The maximum Gasteiger partial charge on any atom is 0.262 e. The fourth-order valence-electron chi connectivity index (χ4n) is 3.71. The molecule has 1 aliphatic rings. The molecule has 3 rings (SSSR count). The van der Waals surface area contributed by atoms with E-state index in [2.05, 4.69) is 28.4 Å². The van der Waals surface area contributed by atoms with Crippen molar-refractivity contribution in [2.24, 2.45) is 0 Å². The molecule has 1 unspecified atom stereocenters. The number of nitriles is 1. The van der Waals surface area contributed by atoms with Crippen LogP contribution in [-0.4, -0.2) is 48.5 Å². The number of anilines is 1. The van der Waals surface area contributed by atoms with Gasteiger partial charge < -0.3 is 20.4 Å². The van der Waals surface area contributed by atoms with Crippen molar-refractivity contribution in [1.29, 1.82) is 5.26 Å². The van der Waals surface area contributed by atoms with E-state index >= 15 is 0 Å². The van der Waals surface area contributed by atoms with Crippen LogP contribution in [0.15, 0.2) is 42.0 Å². The molecule has 2 aromatic carbocycles. The maximum absolute atomic E-state index is 12.4. The molecule has 6 nitrogen and oxygen atoms in total. The zero-order chi connectivity index (χ0) is 20.8. The van der Waals surface area contributed by atoms with Gasteiger partial charge >= 0.3 is 0 Å². The number of rotatable bonds is 6. The van der Waals surface area contributed by atoms with Gasteiger partial charge in [-0.2, -0.15) is 5.26 Å². The molecule has 1 amide bonds. The Labute approximate surface area is 171 Å². The number of amides is 1. The van der Waals surface area contributed by atoms with Crippen LogP contribution in [0.5, 0.6) is 0 Å². The Kier molecular flexibility index (Phi) is 6.86. The molecule has 1 fully saturated rings. The van der Waals surface area contributed by atoms with E-state index in [0.717, 1.165) is 29.4 Å². The van der Waals surface area contributed by atoms with Crippen LogP contribution >= 0.6 is 0 Å². The number of hydrogen-bond acceptors (Lipinski definition) is 5. The van der Waals surface area contributed by atoms with Crippen LogP contribution in [0, 0.1) is 11.3 Å². The number of aliphatic hydroxyl groups excluding tert-OH is 2. The van der Waals surface area contributed by atoms with Crippen LogP contribution in [0.3, 0.4) is 0 Å². The molecule has 0 aliphatic carbocycles. The number of carbonyl (C=O) groups is 1. The monoisotopic (exact) mass is 393 g/mol. The van der Waals surface area contributed by atoms with E-state index in [1.807, 2.05) is 24.3 Å². The first-order chi connectivity index (χ1) is 14.0. The number of hydrogen-bond donors (Lipinski definition) is 3. The molecule has 0 saturated carbocycles. The van der Waals surface area contributed by atoms with Gasteiger partial charge in [0.25, 0.3) is 5.91 Å². The van der Waals surface area contributed by atoms with E-state index in [1.165, 1.54) is 24.9 Å². The van der Waals surface area contributed by atoms with Gasteiger partial charge in [0.15, 0.2) is 0 Å². The molecular weight excluding hydrogens is 366 g/mol. The largest absolute Gasteiger partial charge is 0.394 e. The van der Waals surface area contributed by atoms with E-state index in [9.17, 15) is 15.2 Å². The minimum absolute atomic E-state index is 0.00458. The molecular formula is C23H27N3O3. The molecule has 2 aromatic rings. The molecule has 3 N–H and O–H groups in total. The fraction of sp³-hybridized carbons (Fsp3) is 0.391. The highest BCUT2D eigenvalue weighted by atomic mass is 16.3. The number of carbonyl (C=O) groups excluding carboxylic acids is 1. The summed E-state index contributed by atoms with van der Waals surface area (Å²) in [5.74, 6) is -0.554. The summed E-state index contributed by atoms with van der Waals surface area (Å²) in [6.07, 6.45) is 2.59. The summed E-state index contributed by atoms with van der Waals surface area (Å²) in [6, 6.07) is 14.2. The number of benzene rings is 2. The van der Waals surface area contributed by atoms with Crippen molar-refractivity contribution in [3.63, 3.8) is 0 Å². The quantitative estimate of drug-likeness (QED) is 0.518. The van der Waals surface area contributed by atoms with E-state index in [-0.39, 0.29) is 12.1 Å². The molecule has 0 radical (unpaired) electrons. The van der Waals surface area contributed by atoms with Crippen LogP contribution in [0.4, 0.5) is 5.69 Å². The van der Waals surface area contributed by atoms with Gasteiger partial charge in [0.1, 0.15) is 11.6 Å². The van der Waals surface area contributed by atoms with Crippen LogP contribution in [0.1, 0.15) is 31.7 Å². The molecule has 0 spiro atoms. The average Bonchev–Trinajstić information content (AvgIpc) is 2.77. The summed E-state index contributed by atoms with van der Waals surface area (Å²) < 4.78 is 0. The van der Waals surface area contributed by atoms with Gasteiger partial charge in [0, 0.05) is 30.7 Å². The number of fused-ring (bicyclic) bond motifs is 1. The summed E-state index contributed by atoms with van der Waals surface area (Å²) in [5.41, 5.74) is 2.59. The topological polar surface area (TPSA) is 96.6 Å². The number of aliphatic hydroxyl groups is 2. The normalized spacial score (nSPS) is 16.1. The highest BCUT2D eigenvalue weighted by Gasteiger charge is 2.17. The third-order valence-corrected chi connectivity index (χ3v) is 5.41. The third-order valence-electron chi connectivity index (χ3n) is 5.41. The van der Waals surface area contributed by atoms with Crippen molar-refractivity contribution in [1.82, 2.24) is 5.32 Å². The number of allylic oxidation sites excluding steroid dienone is 1. The SMILES string of the molecule is C/C(=C(/C#N)C(=O)NCC(O)CO)c1ccc2cccc(N3CCCCC3)c2c1. The molecule has 29 heavy (non-hydrogen) atoms. The molecule has 0 aromatic heterocycles. The van der Waals surface area contributed by atoms with E-state index in [1.54, 1.807) is 6.92 Å². The number of nitrogens with zero attached hydrogens (tertiary/aromatic N) is 2. The highest BCUT2D eigenvalue weighted by Crippen LogP contribution is 2.32. The highest BCUT2D eigenvalue weighted by molar-refractivity contribution is 6.05. The molecule has 1 atom stereocenters. The van der Waals surface area contributed by atoms with Crippen LogP contribution in [0.2, 0.25) is 0 Å². The Morgan fingerprint density at radius 3 is 2.69 bits per heavy atom. The average molecular weight is 393 g/mol. The zero-order valence-electron chi connectivity index (χ0n) is 16.7. The Morgan fingerprint density at radius 1 is 1.24 bits per heavy atom. The predicted molar refractivity (Wildman–Crippen MR) is 114 cm³/mol. The van der Waals surface area contributed by atoms with Crippen molar-refractivity contribution in [2.45, 2.75) is 32.3 Å². The van der Waals surface area contributed by atoms with E-state index in [0.29, 0.717) is 5.57 Å². The van der Waals surface area contributed by atoms with Crippen molar-refractivity contribution in [3.05, 3.63) is 47.5 Å². The molecule has 6 heteroatoms. The van der Waals surface area contributed by atoms with Crippen LogP contribution in [0.25, 0.3) is 16.3 Å². The summed E-state index contributed by atoms with van der Waals surface area (Å²) in [6.45, 7) is 3.28. The van der Waals surface area contributed by atoms with Gasteiger partial charge in [0.2, 0.25) is 0 Å². The Hall–Kier alpha value is -2.88. The Bertz CT molecular complexity index is 955. The van der Waals surface area contributed by atoms with Crippen molar-refractivity contribution in [3.8, 4) is 6.07 Å². The minimum atomic E-state index is -1.05. The first kappa shape index (κ1) is 20.8. The third kappa shape index (κ3) is 4.76. The van der Waals surface area contributed by atoms with E-state index in [4.69, 9.17) is 5.11 Å². The Balaban J connectivity index is 1.96. The summed E-state index contributed by atoms with van der Waals surface area (Å²) in [4.78, 5) is 14.8. The van der Waals surface area contributed by atoms with Gasteiger partial charge in [-0.1, -0.05) is 24.3 Å². The first-order valence-electron chi connectivity index (χ1n) is 10.0. The predicted octanol–water partition coefficient (Wildman–Crippen LogP) is 2.60. The molecule has 1 saturated heterocycles. The molecule has 152 valence electrons. The number of nitrogens with one attached hydrogen (secondary N) is 1. The van der Waals surface area contributed by atoms with Gasteiger partial charge in [-0.3, -0.25) is 4.79 Å². The second-order valence-electron chi connectivity index (χ2n) is 7.42. The zero-order valence-corrected chi connectivity index (χ0v) is 16.7. The smallest absolute Gasteiger partial charge is 0.262 e. The lowest BCUT2D eigenvalue weighted by Gasteiger charge is -2.30. The summed E-state index contributed by atoms with van der Waals surface area (Å²) in [7, 11) is 0. The van der Waals surface area contributed by atoms with E-state index < -0.39 is 18.6 Å². The van der Waals surface area contributed by atoms with Gasteiger partial charge in [-0.25, -0.2) is 0 Å². The van der Waals surface area contributed by atoms with Gasteiger partial charge in [-0.15, -0.1) is 0 Å². The van der Waals surface area contributed by atoms with Crippen molar-refractivity contribution >= 4 is 27.9 Å². The standard InChI is InChI=1S/C23H27N3O3/c1-16(21(13-24)23(29)25-14-19(28)15-27)18-9-8-17-6-5-7-22(20(17)12-18)26-10-3-2-4-11-26/h5-9,12,19,27-28H,2-4,10-11,14-15H2,1H3,(H,25,29)/b21-16+. The second-order valence-corrected chi connectivity index (χ2v) is 7.42. The van der Waals surface area contributed by atoms with Gasteiger partial charge in [0.05, 0.1) is 12.7 Å². The number of piperidine rings is 1. The summed E-state index contributed by atoms with van der Waals surface area (Å²) in [5, 5.41) is 32.6. The molecule has 1 heterocycles. The lowest BCUT2D eigenvalue weighted by Crippen LogP contribution is -2.34. The lowest BCUT2D eigenvalue weighted by atomic mass is 9.97. The Morgan fingerprint density at radius 2 is 2.00 bits per heavy atom. The fourth-order valence-corrected chi connectivity index (χ4v) is 3.71. The maximum atomic E-state index is 12.4. The lowest BCUT2D eigenvalue weighted by molar-refractivity contribution is -0.117. The van der Waals surface area contributed by atoms with Crippen molar-refractivity contribution < 1.29 is 15.0 Å². The minimum Gasteiger partial charge on any atom is -0.394 e. The summed E-state index contributed by atoms with van der Waals surface area (Å²) >= 11 is 0. The van der Waals surface area contributed by atoms with Crippen LogP contribution < -0.4 is 10.2 Å². The first-order valence-corrected chi connectivity index (χ1v) is 10.0. The molecule has 1 aliphatic heterocycles. The molecule has 0 bridgehead atoms. The van der Waals surface area contributed by atoms with Crippen LogP contribution in [-0.2, 0) is 4.79 Å². The van der Waals surface area contributed by atoms with Crippen molar-refractivity contribution in [2.75, 3.05) is 31.1 Å².